The summed E-state index contributed by atoms with van der Waals surface area (Å²) < 4.78 is 0. The van der Waals surface area contributed by atoms with E-state index in [9.17, 15) is 5.11 Å². The molecule has 2 aliphatic rings. The van der Waals surface area contributed by atoms with Gasteiger partial charge in [-0.05, 0) is 30.6 Å². The van der Waals surface area contributed by atoms with E-state index < -0.39 is 0 Å². The first-order valence-electron chi connectivity index (χ1n) is 4.15. The Morgan fingerprint density at radius 1 is 1.40 bits per heavy atom. The van der Waals surface area contributed by atoms with E-state index in [0.717, 1.165) is 12.3 Å². The summed E-state index contributed by atoms with van der Waals surface area (Å²) in [6.45, 7) is 3.77. The molecule has 1 heteroatoms. The lowest BCUT2D eigenvalue weighted by atomic mass is 9.98. The lowest BCUT2D eigenvalue weighted by Gasteiger charge is -2.14. The molecule has 2 saturated carbocycles. The van der Waals surface area contributed by atoms with Crippen LogP contribution in [0.3, 0.4) is 0 Å². The molecule has 10 heavy (non-hydrogen) atoms. The van der Waals surface area contributed by atoms with Gasteiger partial charge in [0.05, 0.1) is 6.10 Å². The van der Waals surface area contributed by atoms with Crippen molar-refractivity contribution >= 4 is 0 Å². The molecule has 0 aromatic rings. The van der Waals surface area contributed by atoms with E-state index in [-0.39, 0.29) is 6.10 Å². The van der Waals surface area contributed by atoms with Crippen LogP contribution in [0.5, 0.6) is 0 Å². The molecule has 0 aromatic heterocycles. The molecule has 0 saturated heterocycles. The minimum Gasteiger partial charge on any atom is -0.393 e. The smallest absolute Gasteiger partial charge is 0.0577 e. The third-order valence-electron chi connectivity index (χ3n) is 3.05. The largest absolute Gasteiger partial charge is 0.393 e. The van der Waals surface area contributed by atoms with Crippen molar-refractivity contribution in [2.45, 2.75) is 25.4 Å². The summed E-state index contributed by atoms with van der Waals surface area (Å²) in [6, 6.07) is 0. The zero-order valence-corrected chi connectivity index (χ0v) is 6.16. The lowest BCUT2D eigenvalue weighted by molar-refractivity contribution is 0.114. The number of aliphatic hydroxyl groups is 1. The first-order valence-corrected chi connectivity index (χ1v) is 4.15. The monoisotopic (exact) mass is 138 g/mol. The maximum absolute atomic E-state index is 9.47. The van der Waals surface area contributed by atoms with Crippen LogP contribution in [0.1, 0.15) is 19.3 Å². The van der Waals surface area contributed by atoms with Crippen LogP contribution >= 0.6 is 0 Å². The molecule has 0 heterocycles. The maximum atomic E-state index is 9.47. The van der Waals surface area contributed by atoms with Crippen LogP contribution in [0.2, 0.25) is 0 Å². The zero-order chi connectivity index (χ0) is 7.14. The highest BCUT2D eigenvalue weighted by Crippen LogP contribution is 2.55. The molecule has 0 bridgehead atoms. The molecule has 0 radical (unpaired) electrons. The highest BCUT2D eigenvalue weighted by Gasteiger charge is 2.53. The summed E-state index contributed by atoms with van der Waals surface area (Å²) in [5.41, 5.74) is 0. The minimum absolute atomic E-state index is 0.0123. The fourth-order valence-electron chi connectivity index (χ4n) is 2.44. The predicted octanol–water partition coefficient (Wildman–Crippen LogP) is 1.58. The Morgan fingerprint density at radius 3 is 2.80 bits per heavy atom. The van der Waals surface area contributed by atoms with Gasteiger partial charge in [-0.1, -0.05) is 12.5 Å². The summed E-state index contributed by atoms with van der Waals surface area (Å²) in [4.78, 5) is 0. The molecule has 2 aliphatic carbocycles. The molecule has 0 aliphatic heterocycles. The van der Waals surface area contributed by atoms with E-state index in [2.05, 4.69) is 6.58 Å². The number of hydrogen-bond donors (Lipinski definition) is 1. The van der Waals surface area contributed by atoms with Crippen LogP contribution in [0.4, 0.5) is 0 Å². The Morgan fingerprint density at radius 2 is 2.20 bits per heavy atom. The van der Waals surface area contributed by atoms with E-state index in [4.69, 9.17) is 0 Å². The van der Waals surface area contributed by atoms with Crippen LogP contribution in [-0.2, 0) is 0 Å². The molecule has 0 spiro atoms. The van der Waals surface area contributed by atoms with Crippen molar-refractivity contribution in [2.75, 3.05) is 0 Å². The van der Waals surface area contributed by atoms with Crippen LogP contribution in [0, 0.1) is 17.8 Å². The third-order valence-corrected chi connectivity index (χ3v) is 3.05. The molecule has 56 valence electrons. The molecule has 1 nitrogen and oxygen atoms in total. The number of aliphatic hydroxyl groups excluding tert-OH is 1. The van der Waals surface area contributed by atoms with Crippen LogP contribution in [-0.4, -0.2) is 11.2 Å². The van der Waals surface area contributed by atoms with Gasteiger partial charge in [0.1, 0.15) is 0 Å². The van der Waals surface area contributed by atoms with Crippen molar-refractivity contribution in [3.8, 4) is 0 Å². The van der Waals surface area contributed by atoms with E-state index in [0.29, 0.717) is 11.8 Å². The minimum atomic E-state index is -0.0123. The first kappa shape index (κ1) is 6.41. The standard InChI is InChI=1S/C9H14O/c1-2-6-7-4-3-5-8(10)9(6)7/h2,6-10H,1,3-5H2. The fraction of sp³-hybridized carbons (Fsp3) is 0.778. The van der Waals surface area contributed by atoms with Crippen molar-refractivity contribution in [1.82, 2.24) is 0 Å². The van der Waals surface area contributed by atoms with Gasteiger partial charge in [-0.3, -0.25) is 0 Å². The second kappa shape index (κ2) is 2.09. The van der Waals surface area contributed by atoms with E-state index >= 15 is 0 Å². The normalized spacial score (nSPS) is 51.7. The molecule has 4 atom stereocenters. The van der Waals surface area contributed by atoms with Gasteiger partial charge in [0.25, 0.3) is 0 Å². The van der Waals surface area contributed by atoms with E-state index in [1.807, 2.05) is 6.08 Å². The summed E-state index contributed by atoms with van der Waals surface area (Å²) >= 11 is 0. The zero-order valence-electron chi connectivity index (χ0n) is 6.16. The van der Waals surface area contributed by atoms with Crippen LogP contribution < -0.4 is 0 Å². The van der Waals surface area contributed by atoms with Crippen molar-refractivity contribution in [3.05, 3.63) is 12.7 Å². The van der Waals surface area contributed by atoms with Crippen molar-refractivity contribution in [3.63, 3.8) is 0 Å². The van der Waals surface area contributed by atoms with E-state index in [1.165, 1.54) is 12.8 Å². The van der Waals surface area contributed by atoms with Gasteiger partial charge < -0.3 is 5.11 Å². The Labute approximate surface area is 61.8 Å². The summed E-state index contributed by atoms with van der Waals surface area (Å²) in [5, 5.41) is 9.47. The van der Waals surface area contributed by atoms with Crippen molar-refractivity contribution < 1.29 is 5.11 Å². The number of allylic oxidation sites excluding steroid dienone is 1. The second-order valence-corrected chi connectivity index (χ2v) is 3.55. The third kappa shape index (κ3) is 0.734. The van der Waals surface area contributed by atoms with Crippen molar-refractivity contribution in [2.24, 2.45) is 17.8 Å². The Kier molecular flexibility index (Phi) is 1.34. The molecule has 4 unspecified atom stereocenters. The quantitative estimate of drug-likeness (QED) is 0.545. The first-order chi connectivity index (χ1) is 4.84. The average Bonchev–Trinajstić information content (AvgIpc) is 2.63. The average molecular weight is 138 g/mol. The maximum Gasteiger partial charge on any atom is 0.0577 e. The highest BCUT2D eigenvalue weighted by molar-refractivity contribution is 5.10. The van der Waals surface area contributed by atoms with Crippen molar-refractivity contribution in [1.29, 1.82) is 0 Å². The van der Waals surface area contributed by atoms with Gasteiger partial charge in [-0.2, -0.15) is 0 Å². The molecule has 1 N–H and O–H groups in total. The Balaban J connectivity index is 2.03. The summed E-state index contributed by atoms with van der Waals surface area (Å²) in [5.74, 6) is 2.03. The van der Waals surface area contributed by atoms with Gasteiger partial charge in [0, 0.05) is 0 Å². The molecule has 2 fully saturated rings. The number of rotatable bonds is 1. The molecular weight excluding hydrogens is 124 g/mol. The lowest BCUT2D eigenvalue weighted by Crippen LogP contribution is -2.14. The van der Waals surface area contributed by atoms with Crippen LogP contribution in [0.25, 0.3) is 0 Å². The predicted molar refractivity (Wildman–Crippen MR) is 40.5 cm³/mol. The number of hydrogen-bond acceptors (Lipinski definition) is 1. The van der Waals surface area contributed by atoms with Gasteiger partial charge in [-0.25, -0.2) is 0 Å². The van der Waals surface area contributed by atoms with Gasteiger partial charge in [0.2, 0.25) is 0 Å². The Bertz CT molecular complexity index is 153. The summed E-state index contributed by atoms with van der Waals surface area (Å²) in [7, 11) is 0. The molecule has 2 rings (SSSR count). The Hall–Kier alpha value is -0.300. The SMILES string of the molecule is C=CC1C2CCCC(O)C12. The molecule has 0 amide bonds. The topological polar surface area (TPSA) is 20.2 Å². The molecule has 0 aromatic carbocycles. The summed E-state index contributed by atoms with van der Waals surface area (Å²) in [6.07, 6.45) is 5.56. The van der Waals surface area contributed by atoms with Gasteiger partial charge in [-0.15, -0.1) is 6.58 Å². The van der Waals surface area contributed by atoms with Crippen LogP contribution in [0.15, 0.2) is 12.7 Å². The fourth-order valence-corrected chi connectivity index (χ4v) is 2.44. The highest BCUT2D eigenvalue weighted by atomic mass is 16.3. The van der Waals surface area contributed by atoms with Gasteiger partial charge in [0.15, 0.2) is 0 Å². The van der Waals surface area contributed by atoms with E-state index in [1.54, 1.807) is 0 Å². The van der Waals surface area contributed by atoms with Gasteiger partial charge >= 0.3 is 0 Å². The molecular formula is C9H14O. The number of fused-ring (bicyclic) bond motifs is 1. The second-order valence-electron chi connectivity index (χ2n) is 3.55.